The van der Waals surface area contributed by atoms with E-state index >= 15 is 0 Å². The van der Waals surface area contributed by atoms with Crippen LogP contribution in [0.4, 0.5) is 0 Å². The molecular formula is C9H13N2+. The van der Waals surface area contributed by atoms with E-state index in [0.717, 1.165) is 12.8 Å². The maximum Gasteiger partial charge on any atom is 0.257 e. The third kappa shape index (κ3) is 2.46. The van der Waals surface area contributed by atoms with Gasteiger partial charge in [0.2, 0.25) is 0 Å². The van der Waals surface area contributed by atoms with Crippen molar-refractivity contribution in [3.05, 3.63) is 18.7 Å². The number of hydrogen-bond donors (Lipinski definition) is 0. The van der Waals surface area contributed by atoms with Gasteiger partial charge in [0.15, 0.2) is 0 Å². The molecular weight excluding hydrogens is 136 g/mol. The van der Waals surface area contributed by atoms with Crippen LogP contribution >= 0.6 is 0 Å². The first kappa shape index (κ1) is 7.87. The first-order valence-corrected chi connectivity index (χ1v) is 3.85. The lowest BCUT2D eigenvalue weighted by atomic mass is 10.4. The molecule has 0 aromatic carbocycles. The molecule has 0 aliphatic carbocycles. The van der Waals surface area contributed by atoms with Gasteiger partial charge in [-0.15, -0.1) is 0 Å². The van der Waals surface area contributed by atoms with Gasteiger partial charge in [0.1, 0.15) is 18.4 Å². The highest BCUT2D eigenvalue weighted by molar-refractivity contribution is 5.01. The van der Waals surface area contributed by atoms with E-state index in [2.05, 4.69) is 18.9 Å². The second-order valence-electron chi connectivity index (χ2n) is 2.52. The van der Waals surface area contributed by atoms with Crippen LogP contribution in [0.25, 0.3) is 0 Å². The van der Waals surface area contributed by atoms with Gasteiger partial charge in [-0.05, 0) is 6.42 Å². The molecule has 0 amide bonds. The fourth-order valence-corrected chi connectivity index (χ4v) is 0.789. The number of aromatic nitrogens is 2. The summed E-state index contributed by atoms with van der Waals surface area (Å²) in [6.45, 7) is 2.13. The molecule has 0 spiro atoms. The van der Waals surface area contributed by atoms with Crippen molar-refractivity contribution in [2.45, 2.75) is 19.8 Å². The Balaban J connectivity index is 2.59. The van der Waals surface area contributed by atoms with Gasteiger partial charge in [0, 0.05) is 6.42 Å². The molecule has 11 heavy (non-hydrogen) atoms. The second kappa shape index (κ2) is 3.82. The van der Waals surface area contributed by atoms with E-state index in [1.165, 1.54) is 0 Å². The lowest BCUT2D eigenvalue weighted by Crippen LogP contribution is -2.23. The third-order valence-corrected chi connectivity index (χ3v) is 1.35. The van der Waals surface area contributed by atoms with E-state index in [-0.39, 0.29) is 0 Å². The minimum absolute atomic E-state index is 0.974. The molecule has 1 heterocycles. The molecule has 58 valence electrons. The maximum atomic E-state index is 3.06. The largest absolute Gasteiger partial charge is 0.257 e. The van der Waals surface area contributed by atoms with Gasteiger partial charge in [-0.3, -0.25) is 0 Å². The molecule has 0 fully saturated rings. The highest BCUT2D eigenvalue weighted by atomic mass is 15.1. The molecule has 2 nitrogen and oxygen atoms in total. The molecule has 1 aromatic rings. The zero-order valence-electron chi connectivity index (χ0n) is 7.04. The van der Waals surface area contributed by atoms with Crippen molar-refractivity contribution in [3.8, 4) is 12.0 Å². The average molecular weight is 149 g/mol. The fraction of sp³-hybridized carbons (Fsp3) is 0.444. The van der Waals surface area contributed by atoms with Crippen molar-refractivity contribution in [1.29, 1.82) is 0 Å². The topological polar surface area (TPSA) is 8.81 Å². The van der Waals surface area contributed by atoms with E-state index in [4.69, 9.17) is 0 Å². The molecule has 0 radical (unpaired) electrons. The van der Waals surface area contributed by atoms with Crippen molar-refractivity contribution in [3.63, 3.8) is 0 Å². The van der Waals surface area contributed by atoms with Crippen molar-refractivity contribution in [2.24, 2.45) is 7.05 Å². The number of rotatable bonds is 1. The number of nitrogens with zero attached hydrogens (tertiary/aromatic N) is 2. The molecule has 0 saturated heterocycles. The quantitative estimate of drug-likeness (QED) is 0.415. The highest BCUT2D eigenvalue weighted by Gasteiger charge is 1.92. The van der Waals surface area contributed by atoms with Crippen LogP contribution in [0.2, 0.25) is 0 Å². The van der Waals surface area contributed by atoms with E-state index in [1.807, 2.05) is 34.9 Å². The van der Waals surface area contributed by atoms with Crippen molar-refractivity contribution < 1.29 is 4.57 Å². The predicted molar refractivity (Wildman–Crippen MR) is 43.7 cm³/mol. The average Bonchev–Trinajstić information content (AvgIpc) is 2.37. The Morgan fingerprint density at radius 3 is 2.91 bits per heavy atom. The molecule has 0 unspecified atom stereocenters. The lowest BCUT2D eigenvalue weighted by molar-refractivity contribution is -0.670. The fourth-order valence-electron chi connectivity index (χ4n) is 0.789. The zero-order valence-corrected chi connectivity index (χ0v) is 7.04. The number of hydrogen-bond acceptors (Lipinski definition) is 0. The Kier molecular flexibility index (Phi) is 2.74. The predicted octanol–water partition coefficient (Wildman–Crippen LogP) is 0.922. The van der Waals surface area contributed by atoms with E-state index < -0.39 is 0 Å². The van der Waals surface area contributed by atoms with Crippen LogP contribution in [-0.4, -0.2) is 4.57 Å². The first-order valence-electron chi connectivity index (χ1n) is 3.85. The summed E-state index contributed by atoms with van der Waals surface area (Å²) in [5.74, 6) is 3.06. The Bertz CT molecular complexity index is 275. The Morgan fingerprint density at radius 2 is 2.36 bits per heavy atom. The molecule has 0 atom stereocenters. The van der Waals surface area contributed by atoms with Crippen LogP contribution in [0.15, 0.2) is 18.7 Å². The van der Waals surface area contributed by atoms with E-state index in [1.54, 1.807) is 0 Å². The summed E-state index contributed by atoms with van der Waals surface area (Å²) in [4.78, 5) is 0. The summed E-state index contributed by atoms with van der Waals surface area (Å²) in [5, 5.41) is 0. The summed E-state index contributed by atoms with van der Waals surface area (Å²) in [6, 6.07) is 3.01. The number of aryl methyl sites for hydroxylation is 1. The normalized spacial score (nSPS) is 8.91. The summed E-state index contributed by atoms with van der Waals surface area (Å²) >= 11 is 0. The molecule has 1 aromatic heterocycles. The molecule has 0 bridgehead atoms. The molecule has 0 N–H and O–H groups in total. The molecule has 0 saturated carbocycles. The van der Waals surface area contributed by atoms with Gasteiger partial charge in [-0.2, -0.15) is 4.57 Å². The summed E-state index contributed by atoms with van der Waals surface area (Å²) < 4.78 is 3.84. The smallest absolute Gasteiger partial charge is 0.239 e. The van der Waals surface area contributed by atoms with Crippen molar-refractivity contribution >= 4 is 0 Å². The first-order chi connectivity index (χ1) is 5.33. The standard InChI is InChI=1S/C9H13N2/c1-3-4-5-6-11-8-7-10(2)9-11/h7-9H,3-4H2,1-2H3/q+1. The number of unbranched alkanes of at least 4 members (excludes halogenated alkanes) is 1. The van der Waals surface area contributed by atoms with Gasteiger partial charge < -0.3 is 0 Å². The molecule has 1 rings (SSSR count). The minimum Gasteiger partial charge on any atom is -0.239 e. The molecule has 2 heteroatoms. The zero-order chi connectivity index (χ0) is 8.10. The second-order valence-corrected chi connectivity index (χ2v) is 2.52. The van der Waals surface area contributed by atoms with Crippen LogP contribution in [0.5, 0.6) is 0 Å². The van der Waals surface area contributed by atoms with Gasteiger partial charge in [-0.1, -0.05) is 12.8 Å². The SMILES string of the molecule is CCCC#Cn1cc[n+](C)c1. The minimum atomic E-state index is 0.974. The van der Waals surface area contributed by atoms with Gasteiger partial charge in [0.05, 0.1) is 7.05 Å². The number of imidazole rings is 1. The van der Waals surface area contributed by atoms with Crippen LogP contribution in [0.3, 0.4) is 0 Å². The summed E-state index contributed by atoms with van der Waals surface area (Å²) in [5.41, 5.74) is 0. The lowest BCUT2D eigenvalue weighted by Gasteiger charge is -1.76. The van der Waals surface area contributed by atoms with Crippen LogP contribution in [0, 0.1) is 12.0 Å². The van der Waals surface area contributed by atoms with E-state index in [0.29, 0.717) is 0 Å². The van der Waals surface area contributed by atoms with Crippen molar-refractivity contribution in [2.75, 3.05) is 0 Å². The third-order valence-electron chi connectivity index (χ3n) is 1.35. The van der Waals surface area contributed by atoms with Gasteiger partial charge in [-0.25, -0.2) is 4.57 Å². The van der Waals surface area contributed by atoms with Crippen LogP contribution in [-0.2, 0) is 7.05 Å². The molecule has 0 aliphatic heterocycles. The Morgan fingerprint density at radius 1 is 1.55 bits per heavy atom. The monoisotopic (exact) mass is 149 g/mol. The van der Waals surface area contributed by atoms with Crippen molar-refractivity contribution in [1.82, 2.24) is 4.57 Å². The van der Waals surface area contributed by atoms with Crippen LogP contribution < -0.4 is 4.57 Å². The Hall–Kier alpha value is -1.23. The van der Waals surface area contributed by atoms with Crippen LogP contribution in [0.1, 0.15) is 19.8 Å². The van der Waals surface area contributed by atoms with Gasteiger partial charge >= 0.3 is 0 Å². The Labute approximate surface area is 67.5 Å². The highest BCUT2D eigenvalue weighted by Crippen LogP contribution is 1.82. The summed E-state index contributed by atoms with van der Waals surface area (Å²) in [7, 11) is 1.98. The van der Waals surface area contributed by atoms with E-state index in [9.17, 15) is 0 Å². The molecule has 0 aliphatic rings. The maximum absolute atomic E-state index is 3.06. The summed E-state index contributed by atoms with van der Waals surface area (Å²) in [6.07, 6.45) is 7.97. The van der Waals surface area contributed by atoms with Gasteiger partial charge in [0.25, 0.3) is 6.33 Å².